The number of rotatable bonds is 5. The minimum Gasteiger partial charge on any atom is -0.497 e. The van der Waals surface area contributed by atoms with Crippen molar-refractivity contribution in [2.24, 2.45) is 0 Å². The van der Waals surface area contributed by atoms with Crippen LogP contribution in [0.5, 0.6) is 5.75 Å². The number of carbonyl (C=O) groups is 2. The number of hydrogen-bond acceptors (Lipinski definition) is 4. The third kappa shape index (κ3) is 3.46. The van der Waals surface area contributed by atoms with Gasteiger partial charge in [0.2, 0.25) is 0 Å². The Morgan fingerprint density at radius 2 is 1.94 bits per heavy atom. The zero-order valence-electron chi connectivity index (χ0n) is 10.0. The third-order valence-corrected chi connectivity index (χ3v) is 2.90. The second kappa shape index (κ2) is 6.39. The molecule has 6 heteroatoms. The van der Waals surface area contributed by atoms with E-state index in [1.165, 1.54) is 14.0 Å². The van der Waals surface area contributed by atoms with Gasteiger partial charge in [0.1, 0.15) is 12.4 Å². The van der Waals surface area contributed by atoms with E-state index in [4.69, 9.17) is 9.47 Å². The normalized spacial score (nSPS) is 9.94. The summed E-state index contributed by atoms with van der Waals surface area (Å²) in [5.74, 6) is -1.000. The van der Waals surface area contributed by atoms with Crippen LogP contribution in [0.4, 0.5) is 0 Å². The van der Waals surface area contributed by atoms with Gasteiger partial charge in [-0.2, -0.15) is 0 Å². The largest absolute Gasteiger partial charge is 0.497 e. The Bertz CT molecular complexity index is 470. The van der Waals surface area contributed by atoms with Crippen LogP contribution in [-0.2, 0) is 21.5 Å². The van der Waals surface area contributed by atoms with Crippen LogP contribution in [-0.4, -0.2) is 24.2 Å². The number of halogens is 1. The minimum absolute atomic E-state index is 0.0891. The summed E-state index contributed by atoms with van der Waals surface area (Å²) in [4.78, 5) is 22.0. The molecule has 5 nitrogen and oxygen atoms in total. The lowest BCUT2D eigenvalue weighted by atomic mass is 10.0. The highest BCUT2D eigenvalue weighted by Crippen LogP contribution is 2.25. The second-order valence-corrected chi connectivity index (χ2v) is 4.10. The Morgan fingerprint density at radius 1 is 1.33 bits per heavy atom. The number of esters is 1. The maximum atomic E-state index is 11.2. The average molecular weight is 317 g/mol. The molecule has 0 amide bonds. The summed E-state index contributed by atoms with van der Waals surface area (Å²) in [6.45, 7) is 1.18. The van der Waals surface area contributed by atoms with Crippen molar-refractivity contribution in [3.63, 3.8) is 0 Å². The number of hydrogen-bond donors (Lipinski definition) is 1. The molecule has 0 saturated heterocycles. The number of carbonyl (C=O) groups excluding carboxylic acids is 1. The highest BCUT2D eigenvalue weighted by molar-refractivity contribution is 9.08. The molecule has 0 saturated carbocycles. The van der Waals surface area contributed by atoms with E-state index in [0.717, 1.165) is 0 Å². The second-order valence-electron chi connectivity index (χ2n) is 3.54. The quantitative estimate of drug-likeness (QED) is 0.667. The molecule has 0 spiro atoms. The highest BCUT2D eigenvalue weighted by atomic mass is 79.9. The topological polar surface area (TPSA) is 72.8 Å². The summed E-state index contributed by atoms with van der Waals surface area (Å²) in [6.07, 6.45) is 0. The fraction of sp³-hybridized carbons (Fsp3) is 0.333. The Balaban J connectivity index is 3.25. The molecule has 0 aromatic heterocycles. The zero-order valence-corrected chi connectivity index (χ0v) is 11.6. The molecule has 0 radical (unpaired) electrons. The highest BCUT2D eigenvalue weighted by Gasteiger charge is 2.17. The van der Waals surface area contributed by atoms with Crippen LogP contribution in [0.2, 0.25) is 0 Å². The summed E-state index contributed by atoms with van der Waals surface area (Å²) in [7, 11) is 1.49. The van der Waals surface area contributed by atoms with Gasteiger partial charge in [-0.1, -0.05) is 15.9 Å². The molecule has 0 aliphatic carbocycles. The zero-order chi connectivity index (χ0) is 13.7. The predicted octanol–water partition coefficient (Wildman–Crippen LogP) is 2.35. The van der Waals surface area contributed by atoms with Crippen LogP contribution in [0, 0.1) is 0 Å². The molecule has 1 N–H and O–H groups in total. The summed E-state index contributed by atoms with van der Waals surface area (Å²) >= 11 is 3.23. The number of ether oxygens (including phenoxy) is 2. The van der Waals surface area contributed by atoms with Crippen molar-refractivity contribution in [2.45, 2.75) is 18.9 Å². The predicted molar refractivity (Wildman–Crippen MR) is 68.1 cm³/mol. The van der Waals surface area contributed by atoms with Crippen LogP contribution >= 0.6 is 15.9 Å². The van der Waals surface area contributed by atoms with Crippen molar-refractivity contribution in [1.29, 1.82) is 0 Å². The molecule has 1 rings (SSSR count). The molecule has 0 fully saturated rings. The number of aromatic carboxylic acids is 1. The van der Waals surface area contributed by atoms with Crippen molar-refractivity contribution in [1.82, 2.24) is 0 Å². The number of carboxylic acids is 1. The van der Waals surface area contributed by atoms with Crippen molar-refractivity contribution in [3.8, 4) is 5.75 Å². The Kier molecular flexibility index (Phi) is 5.15. The fourth-order valence-electron chi connectivity index (χ4n) is 1.53. The lowest BCUT2D eigenvalue weighted by Gasteiger charge is -2.12. The Morgan fingerprint density at radius 3 is 2.39 bits per heavy atom. The molecule has 1 aromatic carbocycles. The van der Waals surface area contributed by atoms with E-state index in [2.05, 4.69) is 15.9 Å². The van der Waals surface area contributed by atoms with E-state index in [-0.39, 0.29) is 12.2 Å². The van der Waals surface area contributed by atoms with E-state index in [1.54, 1.807) is 12.1 Å². The van der Waals surface area contributed by atoms with Crippen LogP contribution in [0.1, 0.15) is 28.4 Å². The van der Waals surface area contributed by atoms with Gasteiger partial charge in [0.25, 0.3) is 0 Å². The molecule has 0 unspecified atom stereocenters. The molecule has 1 aromatic rings. The summed E-state index contributed by atoms with van der Waals surface area (Å²) < 4.78 is 9.93. The van der Waals surface area contributed by atoms with Crippen LogP contribution in [0.3, 0.4) is 0 Å². The third-order valence-electron chi connectivity index (χ3n) is 2.30. The molecule has 0 bridgehead atoms. The minimum atomic E-state index is -1.06. The van der Waals surface area contributed by atoms with Crippen LogP contribution in [0.25, 0.3) is 0 Å². The van der Waals surface area contributed by atoms with Gasteiger partial charge >= 0.3 is 11.9 Å². The van der Waals surface area contributed by atoms with Crippen LogP contribution < -0.4 is 4.74 Å². The first-order valence-corrected chi connectivity index (χ1v) is 6.24. The Hall–Kier alpha value is -1.56. The van der Waals surface area contributed by atoms with E-state index in [9.17, 15) is 14.7 Å². The van der Waals surface area contributed by atoms with E-state index in [0.29, 0.717) is 22.2 Å². The Labute approximate surface area is 113 Å². The van der Waals surface area contributed by atoms with Gasteiger partial charge < -0.3 is 14.6 Å². The first-order valence-electron chi connectivity index (χ1n) is 5.12. The van der Waals surface area contributed by atoms with Crippen molar-refractivity contribution in [3.05, 3.63) is 28.8 Å². The number of methoxy groups -OCH3 is 1. The number of carboxylic acid groups (broad SMARTS) is 1. The average Bonchev–Trinajstić information content (AvgIpc) is 2.34. The summed E-state index contributed by atoms with van der Waals surface area (Å²) in [5.41, 5.74) is 1.12. The molecule has 0 aliphatic rings. The van der Waals surface area contributed by atoms with Gasteiger partial charge in [-0.15, -0.1) is 0 Å². The molecule has 0 heterocycles. The first kappa shape index (κ1) is 14.5. The lowest BCUT2D eigenvalue weighted by Crippen LogP contribution is -2.10. The summed E-state index contributed by atoms with van der Waals surface area (Å²) in [5, 5.41) is 9.58. The van der Waals surface area contributed by atoms with Gasteiger partial charge in [0.15, 0.2) is 0 Å². The van der Waals surface area contributed by atoms with Gasteiger partial charge in [-0.3, -0.25) is 4.79 Å². The molecule has 0 aliphatic heterocycles. The summed E-state index contributed by atoms with van der Waals surface area (Å²) in [6, 6.07) is 3.19. The lowest BCUT2D eigenvalue weighted by molar-refractivity contribution is -0.142. The maximum Gasteiger partial charge on any atom is 0.336 e. The number of alkyl halides is 1. The molecular formula is C12H13BrO5. The van der Waals surface area contributed by atoms with Gasteiger partial charge in [-0.05, 0) is 17.7 Å². The van der Waals surface area contributed by atoms with Gasteiger partial charge in [0, 0.05) is 17.8 Å². The molecular weight excluding hydrogens is 304 g/mol. The van der Waals surface area contributed by atoms with E-state index in [1.807, 2.05) is 0 Å². The standard InChI is InChI=1S/C12H13BrO5/c1-7(14)18-6-9-4-10(17-2)3-8(5-13)11(9)12(15)16/h3-4H,5-6H2,1-2H3,(H,15,16). The van der Waals surface area contributed by atoms with Crippen molar-refractivity contribution >= 4 is 27.9 Å². The first-order chi connectivity index (χ1) is 8.49. The smallest absolute Gasteiger partial charge is 0.336 e. The molecule has 18 heavy (non-hydrogen) atoms. The SMILES string of the molecule is COc1cc(CBr)c(C(=O)O)c(COC(C)=O)c1. The van der Waals surface area contributed by atoms with Gasteiger partial charge in [-0.25, -0.2) is 4.79 Å². The van der Waals surface area contributed by atoms with Crippen LogP contribution in [0.15, 0.2) is 12.1 Å². The van der Waals surface area contributed by atoms with Crippen molar-refractivity contribution in [2.75, 3.05) is 7.11 Å². The molecule has 0 atom stereocenters. The molecule has 98 valence electrons. The van der Waals surface area contributed by atoms with Gasteiger partial charge in [0.05, 0.1) is 12.7 Å². The van der Waals surface area contributed by atoms with E-state index >= 15 is 0 Å². The number of benzene rings is 1. The van der Waals surface area contributed by atoms with Crippen molar-refractivity contribution < 1.29 is 24.2 Å². The monoisotopic (exact) mass is 316 g/mol. The van der Waals surface area contributed by atoms with E-state index < -0.39 is 11.9 Å². The maximum absolute atomic E-state index is 11.2. The fourth-order valence-corrected chi connectivity index (χ4v) is 1.97.